The summed E-state index contributed by atoms with van der Waals surface area (Å²) < 4.78 is 5.28. The van der Waals surface area contributed by atoms with E-state index >= 15 is 0 Å². The second-order valence-corrected chi connectivity index (χ2v) is 3.97. The van der Waals surface area contributed by atoms with Gasteiger partial charge in [-0.3, -0.25) is 5.32 Å². The minimum atomic E-state index is -0.127. The largest absolute Gasteiger partial charge is 0.469 e. The van der Waals surface area contributed by atoms with E-state index in [1.807, 2.05) is 31.0 Å². The van der Waals surface area contributed by atoms with E-state index < -0.39 is 0 Å². The molecule has 0 saturated carbocycles. The van der Waals surface area contributed by atoms with Gasteiger partial charge in [0.1, 0.15) is 11.9 Å². The quantitative estimate of drug-likeness (QED) is 0.793. The van der Waals surface area contributed by atoms with Gasteiger partial charge in [0.05, 0.1) is 6.26 Å². The summed E-state index contributed by atoms with van der Waals surface area (Å²) in [6, 6.07) is 3.85. The molecule has 0 spiro atoms. The molecular weight excluding hydrogens is 218 g/mol. The van der Waals surface area contributed by atoms with Crippen LogP contribution >= 0.6 is 0 Å². The number of nitrogens with two attached hydrogens (primary N) is 1. The van der Waals surface area contributed by atoms with Crippen molar-refractivity contribution in [3.05, 3.63) is 24.2 Å². The van der Waals surface area contributed by atoms with E-state index in [2.05, 4.69) is 15.3 Å². The summed E-state index contributed by atoms with van der Waals surface area (Å²) in [6.07, 6.45) is 2.38. The molecule has 6 nitrogen and oxygen atoms in total. The summed E-state index contributed by atoms with van der Waals surface area (Å²) >= 11 is 0. The third-order valence-corrected chi connectivity index (χ3v) is 2.51. The Morgan fingerprint density at radius 3 is 3.00 bits per heavy atom. The Balaban J connectivity index is 1.90. The van der Waals surface area contributed by atoms with Gasteiger partial charge in [-0.15, -0.1) is 0 Å². The van der Waals surface area contributed by atoms with Gasteiger partial charge in [0, 0.05) is 20.0 Å². The van der Waals surface area contributed by atoms with Crippen LogP contribution in [0.1, 0.15) is 12.7 Å². The molecule has 0 radical (unpaired) electrons. The highest BCUT2D eigenvalue weighted by molar-refractivity contribution is 5.99. The van der Waals surface area contributed by atoms with Crippen molar-refractivity contribution in [3.63, 3.8) is 0 Å². The monoisotopic (exact) mass is 235 g/mol. The maximum absolute atomic E-state index is 5.66. The van der Waals surface area contributed by atoms with Crippen LogP contribution in [0.5, 0.6) is 0 Å². The number of rotatable bonds is 3. The molecule has 92 valence electrons. The van der Waals surface area contributed by atoms with Crippen LogP contribution in [-0.2, 0) is 6.42 Å². The molecule has 1 aliphatic rings. The highest BCUT2D eigenvalue weighted by Crippen LogP contribution is 2.04. The Morgan fingerprint density at radius 2 is 2.35 bits per heavy atom. The molecule has 17 heavy (non-hydrogen) atoms. The van der Waals surface area contributed by atoms with Crippen LogP contribution in [-0.4, -0.2) is 36.6 Å². The summed E-state index contributed by atoms with van der Waals surface area (Å²) in [6.45, 7) is 2.70. The van der Waals surface area contributed by atoms with E-state index in [0.717, 1.165) is 24.7 Å². The number of nitrogens with zero attached hydrogens (tertiary/aromatic N) is 3. The summed E-state index contributed by atoms with van der Waals surface area (Å²) in [5, 5.41) is 2.95. The Kier molecular flexibility index (Phi) is 3.32. The molecule has 0 aromatic carbocycles. The fourth-order valence-electron chi connectivity index (χ4n) is 1.62. The predicted molar refractivity (Wildman–Crippen MR) is 66.7 cm³/mol. The Hall–Kier alpha value is -1.98. The van der Waals surface area contributed by atoms with Crippen molar-refractivity contribution < 1.29 is 4.42 Å². The molecular formula is C11H17N5O. The van der Waals surface area contributed by atoms with Gasteiger partial charge in [-0.05, 0) is 19.1 Å². The number of guanidine groups is 2. The maximum atomic E-state index is 5.66. The van der Waals surface area contributed by atoms with E-state index in [1.165, 1.54) is 0 Å². The van der Waals surface area contributed by atoms with E-state index in [0.29, 0.717) is 5.96 Å². The lowest BCUT2D eigenvalue weighted by atomic mass is 10.3. The first-order chi connectivity index (χ1) is 8.15. The lowest BCUT2D eigenvalue weighted by Gasteiger charge is -2.25. The molecule has 0 saturated heterocycles. The second-order valence-electron chi connectivity index (χ2n) is 3.97. The van der Waals surface area contributed by atoms with Crippen molar-refractivity contribution in [2.45, 2.75) is 19.5 Å². The van der Waals surface area contributed by atoms with Gasteiger partial charge in [0.15, 0.2) is 5.96 Å². The molecule has 2 heterocycles. The number of aliphatic imine (C=N–C) groups is 2. The van der Waals surface area contributed by atoms with Gasteiger partial charge in [0.25, 0.3) is 0 Å². The lowest BCUT2D eigenvalue weighted by Crippen LogP contribution is -2.49. The second kappa shape index (κ2) is 4.90. The molecule has 2 rings (SSSR count). The van der Waals surface area contributed by atoms with Crippen molar-refractivity contribution in [2.24, 2.45) is 15.7 Å². The molecule has 0 aliphatic carbocycles. The van der Waals surface area contributed by atoms with Crippen LogP contribution in [0.15, 0.2) is 32.8 Å². The van der Waals surface area contributed by atoms with Gasteiger partial charge in [-0.25, -0.2) is 9.98 Å². The lowest BCUT2D eigenvalue weighted by molar-refractivity contribution is 0.441. The first kappa shape index (κ1) is 11.5. The van der Waals surface area contributed by atoms with Crippen LogP contribution in [0.2, 0.25) is 0 Å². The van der Waals surface area contributed by atoms with Crippen LogP contribution in [0.4, 0.5) is 0 Å². The number of hydrogen-bond donors (Lipinski definition) is 2. The molecule has 0 amide bonds. The number of hydrogen-bond acceptors (Lipinski definition) is 6. The molecule has 1 atom stereocenters. The number of nitrogens with one attached hydrogen (secondary N) is 1. The molecule has 1 aromatic heterocycles. The minimum absolute atomic E-state index is 0.127. The summed E-state index contributed by atoms with van der Waals surface area (Å²) in [5.41, 5.74) is 5.66. The smallest absolute Gasteiger partial charge is 0.202 e. The number of furan rings is 1. The minimum Gasteiger partial charge on any atom is -0.469 e. The number of likely N-dealkylation sites (N-methyl/N-ethyl adjacent to an activating group) is 1. The fraction of sp³-hybridized carbons (Fsp3) is 0.455. The topological polar surface area (TPSA) is 79.1 Å². The maximum Gasteiger partial charge on any atom is 0.202 e. The van der Waals surface area contributed by atoms with Crippen LogP contribution < -0.4 is 11.1 Å². The van der Waals surface area contributed by atoms with Crippen molar-refractivity contribution in [1.29, 1.82) is 0 Å². The zero-order valence-electron chi connectivity index (χ0n) is 10.1. The van der Waals surface area contributed by atoms with Crippen LogP contribution in [0.3, 0.4) is 0 Å². The first-order valence-corrected chi connectivity index (χ1v) is 5.57. The Bertz CT molecular complexity index is 423. The van der Waals surface area contributed by atoms with E-state index in [4.69, 9.17) is 10.2 Å². The standard InChI is InChI=1S/C11H17N5O/c1-8-13-10(12)15-11(14-8)16(2)6-5-9-4-3-7-17-9/h3-4,7-8H,5-6H2,1-2H3,(H3,12,13,14,15). The van der Waals surface area contributed by atoms with Crippen molar-refractivity contribution in [3.8, 4) is 0 Å². The van der Waals surface area contributed by atoms with Crippen LogP contribution in [0, 0.1) is 0 Å². The van der Waals surface area contributed by atoms with E-state index in [1.54, 1.807) is 6.26 Å². The Morgan fingerprint density at radius 1 is 1.53 bits per heavy atom. The predicted octanol–water partition coefficient (Wildman–Crippen LogP) is 0.374. The summed E-state index contributed by atoms with van der Waals surface area (Å²) in [7, 11) is 1.96. The molecule has 1 aromatic rings. The Labute approximate surface area is 100 Å². The summed E-state index contributed by atoms with van der Waals surface area (Å²) in [5.74, 6) is 2.12. The molecule has 6 heteroatoms. The fourth-order valence-corrected chi connectivity index (χ4v) is 1.62. The molecule has 0 fully saturated rings. The molecule has 3 N–H and O–H groups in total. The average molecular weight is 235 g/mol. The van der Waals surface area contributed by atoms with Crippen molar-refractivity contribution in [1.82, 2.24) is 10.2 Å². The van der Waals surface area contributed by atoms with Gasteiger partial charge in [0.2, 0.25) is 5.96 Å². The van der Waals surface area contributed by atoms with Crippen LogP contribution in [0.25, 0.3) is 0 Å². The zero-order valence-corrected chi connectivity index (χ0v) is 10.1. The average Bonchev–Trinajstić information content (AvgIpc) is 2.77. The van der Waals surface area contributed by atoms with Gasteiger partial charge >= 0.3 is 0 Å². The van der Waals surface area contributed by atoms with Gasteiger partial charge < -0.3 is 15.1 Å². The molecule has 0 bridgehead atoms. The summed E-state index contributed by atoms with van der Waals surface area (Å²) in [4.78, 5) is 10.4. The SMILES string of the molecule is CC1N=C(N)NC(N(C)CCc2ccco2)=N1. The highest BCUT2D eigenvalue weighted by atomic mass is 16.3. The highest BCUT2D eigenvalue weighted by Gasteiger charge is 2.14. The van der Waals surface area contributed by atoms with Crippen molar-refractivity contribution in [2.75, 3.05) is 13.6 Å². The zero-order chi connectivity index (χ0) is 12.3. The third-order valence-electron chi connectivity index (χ3n) is 2.51. The normalized spacial score (nSPS) is 19.3. The van der Waals surface area contributed by atoms with Gasteiger partial charge in [-0.1, -0.05) is 0 Å². The van der Waals surface area contributed by atoms with Crippen molar-refractivity contribution >= 4 is 11.9 Å². The van der Waals surface area contributed by atoms with E-state index in [9.17, 15) is 0 Å². The molecule has 1 unspecified atom stereocenters. The third kappa shape index (κ3) is 2.99. The van der Waals surface area contributed by atoms with E-state index in [-0.39, 0.29) is 6.17 Å². The van der Waals surface area contributed by atoms with Gasteiger partial charge in [-0.2, -0.15) is 0 Å². The first-order valence-electron chi connectivity index (χ1n) is 5.57. The molecule has 1 aliphatic heterocycles.